The molecule has 2 aliphatic rings. The average Bonchev–Trinajstić information content (AvgIpc) is 2.93. The van der Waals surface area contributed by atoms with Crippen LogP contribution >= 0.6 is 39.9 Å². The van der Waals surface area contributed by atoms with Crippen molar-refractivity contribution in [3.63, 3.8) is 0 Å². The van der Waals surface area contributed by atoms with Crippen LogP contribution in [0.3, 0.4) is 0 Å². The van der Waals surface area contributed by atoms with Crippen molar-refractivity contribution in [2.45, 2.75) is 32.1 Å². The zero-order valence-electron chi connectivity index (χ0n) is 13.4. The van der Waals surface area contributed by atoms with Gasteiger partial charge in [-0.1, -0.05) is 12.5 Å². The highest BCUT2D eigenvalue weighted by atomic mass is 127. The molecule has 1 saturated carbocycles. The summed E-state index contributed by atoms with van der Waals surface area (Å²) in [7, 11) is 1.85. The van der Waals surface area contributed by atoms with Gasteiger partial charge in [-0.2, -0.15) is 0 Å². The number of nitrogens with zero attached hydrogens (tertiary/aromatic N) is 2. The third-order valence-corrected chi connectivity index (χ3v) is 5.65. The number of hydrogen-bond acceptors (Lipinski definition) is 1. The molecule has 3 rings (SSSR count). The first-order valence-electron chi connectivity index (χ1n) is 8.01. The molecule has 0 unspecified atom stereocenters. The molecule has 128 valence electrons. The quantitative estimate of drug-likeness (QED) is 0.386. The van der Waals surface area contributed by atoms with Gasteiger partial charge in [0.15, 0.2) is 5.96 Å². The Morgan fingerprint density at radius 1 is 1.39 bits per heavy atom. The summed E-state index contributed by atoms with van der Waals surface area (Å²) in [5, 5.41) is 3.45. The smallest absolute Gasteiger partial charge is 0.193 e. The molecule has 0 aromatic heterocycles. The van der Waals surface area contributed by atoms with Gasteiger partial charge in [-0.3, -0.25) is 4.99 Å². The van der Waals surface area contributed by atoms with Gasteiger partial charge in [-0.15, -0.1) is 24.0 Å². The summed E-state index contributed by atoms with van der Waals surface area (Å²) in [5.74, 6) is 0.792. The highest BCUT2D eigenvalue weighted by Gasteiger charge is 2.43. The van der Waals surface area contributed by atoms with Crippen molar-refractivity contribution in [2.24, 2.45) is 10.4 Å². The molecular weight excluding hydrogens is 472 g/mol. The third kappa shape index (κ3) is 4.38. The summed E-state index contributed by atoms with van der Waals surface area (Å²) in [6, 6.07) is 5.19. The Hall–Kier alpha value is -0.370. The van der Waals surface area contributed by atoms with E-state index in [4.69, 9.17) is 0 Å². The summed E-state index contributed by atoms with van der Waals surface area (Å²) in [4.78, 5) is 6.81. The SMILES string of the molecule is CN=C(NCCc1ccc(F)c(Br)c1)N1CCC2(CCC2)C1.I. The lowest BCUT2D eigenvalue weighted by molar-refractivity contribution is 0.151. The molecule has 3 nitrogen and oxygen atoms in total. The first-order valence-corrected chi connectivity index (χ1v) is 8.81. The van der Waals surface area contributed by atoms with Crippen LogP contribution in [0.5, 0.6) is 0 Å². The van der Waals surface area contributed by atoms with Crippen LogP contribution in [0.4, 0.5) is 4.39 Å². The Kier molecular flexibility index (Phi) is 6.71. The molecule has 1 aromatic rings. The first-order chi connectivity index (χ1) is 10.6. The van der Waals surface area contributed by atoms with Crippen molar-refractivity contribution in [2.75, 3.05) is 26.7 Å². The Morgan fingerprint density at radius 2 is 2.17 bits per heavy atom. The van der Waals surface area contributed by atoms with Crippen LogP contribution in [-0.4, -0.2) is 37.5 Å². The van der Waals surface area contributed by atoms with Gasteiger partial charge in [0.05, 0.1) is 4.47 Å². The molecule has 0 amide bonds. The number of nitrogens with one attached hydrogen (secondary N) is 1. The predicted molar refractivity (Wildman–Crippen MR) is 107 cm³/mol. The Bertz CT molecular complexity index is 575. The molecular formula is C17H24BrFIN3. The van der Waals surface area contributed by atoms with Gasteiger partial charge in [0, 0.05) is 26.7 Å². The van der Waals surface area contributed by atoms with E-state index in [0.29, 0.717) is 9.89 Å². The maximum Gasteiger partial charge on any atom is 0.193 e. The molecule has 1 heterocycles. The van der Waals surface area contributed by atoms with Crippen molar-refractivity contribution in [1.82, 2.24) is 10.2 Å². The second kappa shape index (κ2) is 8.14. The summed E-state index contributed by atoms with van der Waals surface area (Å²) < 4.78 is 13.8. The van der Waals surface area contributed by atoms with Crippen LogP contribution in [0.2, 0.25) is 0 Å². The number of benzene rings is 1. The standard InChI is InChI=1S/C17H23BrFN3.HI/c1-20-16(22-10-8-17(12-22)6-2-7-17)21-9-5-13-3-4-15(19)14(18)11-13;/h3-4,11H,2,5-10,12H2,1H3,(H,20,21);1H. The molecule has 2 fully saturated rings. The Labute approximate surface area is 163 Å². The lowest BCUT2D eigenvalue weighted by Gasteiger charge is -2.38. The van der Waals surface area contributed by atoms with E-state index in [1.54, 1.807) is 0 Å². The summed E-state index contributed by atoms with van der Waals surface area (Å²) >= 11 is 3.23. The van der Waals surface area contributed by atoms with Crippen LogP contribution in [-0.2, 0) is 6.42 Å². The minimum absolute atomic E-state index is 0. The van der Waals surface area contributed by atoms with E-state index in [-0.39, 0.29) is 29.8 Å². The monoisotopic (exact) mass is 495 g/mol. The minimum atomic E-state index is -0.213. The fourth-order valence-electron chi connectivity index (χ4n) is 3.55. The second-order valence-corrected chi connectivity index (χ2v) is 7.35. The lowest BCUT2D eigenvalue weighted by atomic mass is 9.68. The van der Waals surface area contributed by atoms with Gasteiger partial charge in [-0.25, -0.2) is 4.39 Å². The fourth-order valence-corrected chi connectivity index (χ4v) is 3.97. The molecule has 6 heteroatoms. The Balaban J connectivity index is 0.00000192. The zero-order valence-corrected chi connectivity index (χ0v) is 17.4. The van der Waals surface area contributed by atoms with Crippen LogP contribution in [0, 0.1) is 11.2 Å². The average molecular weight is 496 g/mol. The molecule has 0 bridgehead atoms. The highest BCUT2D eigenvalue weighted by Crippen LogP contribution is 2.47. The van der Waals surface area contributed by atoms with Gasteiger partial charge >= 0.3 is 0 Å². The zero-order chi connectivity index (χ0) is 15.6. The molecule has 1 aliphatic heterocycles. The van der Waals surface area contributed by atoms with E-state index in [0.717, 1.165) is 37.6 Å². The normalized spacial score (nSPS) is 19.4. The van der Waals surface area contributed by atoms with Crippen LogP contribution in [0.25, 0.3) is 0 Å². The van der Waals surface area contributed by atoms with Crippen LogP contribution < -0.4 is 5.32 Å². The maximum atomic E-state index is 13.2. The van der Waals surface area contributed by atoms with Crippen molar-refractivity contribution < 1.29 is 4.39 Å². The van der Waals surface area contributed by atoms with E-state index in [1.807, 2.05) is 19.2 Å². The molecule has 0 radical (unpaired) electrons. The van der Waals surface area contributed by atoms with E-state index in [1.165, 1.54) is 31.7 Å². The van der Waals surface area contributed by atoms with E-state index < -0.39 is 0 Å². The van der Waals surface area contributed by atoms with Gasteiger partial charge in [0.25, 0.3) is 0 Å². The largest absolute Gasteiger partial charge is 0.356 e. The number of hydrogen-bond donors (Lipinski definition) is 1. The number of aliphatic imine (C=N–C) groups is 1. The molecule has 1 aromatic carbocycles. The Morgan fingerprint density at radius 3 is 2.74 bits per heavy atom. The topological polar surface area (TPSA) is 27.6 Å². The summed E-state index contributed by atoms with van der Waals surface area (Å²) in [6.07, 6.45) is 6.31. The van der Waals surface area contributed by atoms with Crippen molar-refractivity contribution in [3.05, 3.63) is 34.1 Å². The molecule has 1 saturated heterocycles. The van der Waals surface area contributed by atoms with E-state index in [9.17, 15) is 4.39 Å². The molecule has 0 atom stereocenters. The van der Waals surface area contributed by atoms with Crippen molar-refractivity contribution in [1.29, 1.82) is 0 Å². The number of guanidine groups is 1. The van der Waals surface area contributed by atoms with E-state index >= 15 is 0 Å². The van der Waals surface area contributed by atoms with Gasteiger partial charge < -0.3 is 10.2 Å². The molecule has 1 spiro atoms. The van der Waals surface area contributed by atoms with Crippen molar-refractivity contribution >= 4 is 45.9 Å². The summed E-state index contributed by atoms with van der Waals surface area (Å²) in [6.45, 7) is 3.07. The molecule has 23 heavy (non-hydrogen) atoms. The fraction of sp³-hybridized carbons (Fsp3) is 0.588. The summed E-state index contributed by atoms with van der Waals surface area (Å²) in [5.41, 5.74) is 1.70. The molecule has 1 N–H and O–H groups in total. The number of likely N-dealkylation sites (tertiary alicyclic amines) is 1. The van der Waals surface area contributed by atoms with Gasteiger partial charge in [0.2, 0.25) is 0 Å². The molecule has 1 aliphatic carbocycles. The lowest BCUT2D eigenvalue weighted by Crippen LogP contribution is -2.43. The minimum Gasteiger partial charge on any atom is -0.356 e. The van der Waals surface area contributed by atoms with Gasteiger partial charge in [0.1, 0.15) is 5.82 Å². The third-order valence-electron chi connectivity index (χ3n) is 5.04. The van der Waals surface area contributed by atoms with Crippen LogP contribution in [0.15, 0.2) is 27.7 Å². The second-order valence-electron chi connectivity index (χ2n) is 6.50. The van der Waals surface area contributed by atoms with E-state index in [2.05, 4.69) is 31.1 Å². The number of halogens is 3. The predicted octanol–water partition coefficient (Wildman–Crippen LogP) is 4.20. The van der Waals surface area contributed by atoms with Gasteiger partial charge in [-0.05, 0) is 64.7 Å². The maximum absolute atomic E-state index is 13.2. The highest BCUT2D eigenvalue weighted by molar-refractivity contribution is 14.0. The van der Waals surface area contributed by atoms with Crippen molar-refractivity contribution in [3.8, 4) is 0 Å². The first kappa shape index (κ1) is 19.0. The van der Waals surface area contributed by atoms with Crippen LogP contribution in [0.1, 0.15) is 31.2 Å². The number of rotatable bonds is 3.